The molecule has 8 N–H and O–H groups in total. The van der Waals surface area contributed by atoms with Crippen LogP contribution in [0.25, 0.3) is 0 Å². The third kappa shape index (κ3) is 10.6. The normalized spacial score (nSPS) is 13.8. The summed E-state index contributed by atoms with van der Waals surface area (Å²) in [7, 11) is -15.1. The first-order valence-corrected chi connectivity index (χ1v) is 27.2. The van der Waals surface area contributed by atoms with Gasteiger partial charge in [-0.15, -0.1) is 0 Å². The molecule has 0 saturated carbocycles. The van der Waals surface area contributed by atoms with Gasteiger partial charge in [0.2, 0.25) is 35.7 Å². The number of ether oxygens (including phenoxy) is 3. The van der Waals surface area contributed by atoms with Crippen LogP contribution < -0.4 is 51.7 Å². The van der Waals surface area contributed by atoms with Crippen LogP contribution in [0.2, 0.25) is 10.0 Å². The number of halogens is 2. The fourth-order valence-electron chi connectivity index (χ4n) is 7.75. The van der Waals surface area contributed by atoms with Gasteiger partial charge in [-0.2, -0.15) is 55.2 Å². The summed E-state index contributed by atoms with van der Waals surface area (Å²) < 4.78 is 127. The zero-order valence-corrected chi connectivity index (χ0v) is 42.7. The predicted molar refractivity (Wildman–Crippen MR) is 273 cm³/mol. The zero-order chi connectivity index (χ0) is 53.0. The molecule has 3 aliphatic heterocycles. The Morgan fingerprint density at radius 1 is 0.573 bits per heavy atom. The number of anilines is 10. The van der Waals surface area contributed by atoms with Gasteiger partial charge in [0, 0.05) is 25.3 Å². The van der Waals surface area contributed by atoms with Crippen molar-refractivity contribution in [2.24, 2.45) is 9.98 Å². The number of rotatable bonds is 15. The number of aryl methyl sites for hydroxylation is 1. The maximum Gasteiger partial charge on any atom is 0.300 e. The molecule has 2 aromatic heterocycles. The van der Waals surface area contributed by atoms with Gasteiger partial charge in [0.05, 0.1) is 30.3 Å². The molecule has 5 aromatic carbocycles. The van der Waals surface area contributed by atoms with Crippen LogP contribution in [0.4, 0.5) is 69.8 Å². The van der Waals surface area contributed by atoms with E-state index in [1.165, 1.54) is 42.5 Å². The number of nitrogens with zero attached hydrogens (tertiary/aromatic N) is 9. The van der Waals surface area contributed by atoms with Gasteiger partial charge in [0.25, 0.3) is 30.4 Å². The lowest BCUT2D eigenvalue weighted by Gasteiger charge is -2.27. The summed E-state index contributed by atoms with van der Waals surface area (Å²) in [6.07, 6.45) is 0.628. The molecule has 31 heteroatoms. The van der Waals surface area contributed by atoms with E-state index < -0.39 is 56.5 Å². The molecule has 1 fully saturated rings. The highest BCUT2D eigenvalue weighted by Gasteiger charge is 2.35. The number of fused-ring (bicyclic) bond motifs is 4. The minimum Gasteiger partial charge on any atom is -0.450 e. The van der Waals surface area contributed by atoms with Gasteiger partial charge < -0.3 is 45.7 Å². The van der Waals surface area contributed by atoms with Crippen molar-refractivity contribution >= 4 is 123 Å². The Hall–Kier alpha value is -7.61. The van der Waals surface area contributed by atoms with E-state index in [4.69, 9.17) is 37.4 Å². The van der Waals surface area contributed by atoms with Crippen molar-refractivity contribution in [1.29, 1.82) is 0 Å². The molecule has 1 saturated heterocycles. The largest absolute Gasteiger partial charge is 0.450 e. The Kier molecular flexibility index (Phi) is 13.5. The molecule has 0 spiro atoms. The number of para-hydroxylation sites is 1. The molecular formula is C44H38Cl2N14O12S3. The third-order valence-electron chi connectivity index (χ3n) is 11.1. The van der Waals surface area contributed by atoms with E-state index in [-0.39, 0.29) is 96.4 Å². The number of hydrogen-bond acceptors (Lipinski definition) is 23. The van der Waals surface area contributed by atoms with Crippen LogP contribution in [0.15, 0.2) is 97.5 Å². The number of benzene rings is 5. The quantitative estimate of drug-likeness (QED) is 0.0472. The Labute approximate surface area is 435 Å². The Morgan fingerprint density at radius 2 is 1.05 bits per heavy atom. The predicted octanol–water partition coefficient (Wildman–Crippen LogP) is 7.16. The number of nitrogens with one attached hydrogen (secondary N) is 5. The van der Waals surface area contributed by atoms with Crippen molar-refractivity contribution in [3.8, 4) is 23.0 Å². The standard InChI is InChI=1S/C44H38Cl2N14O12S3/c1-3-16-47-39-54-41(51-23-6-4-5-7-28(23)73(61,62)63)57-42(55-39)52-26-14-12-24-33(37(26)74(64,65)66)71-35-29(45)32-36(30(46)31(35)49-24)72-34-25(50-32)13-15-27(38(34)75(67,68)69)53-43-56-40(48-22-10-8-21(2)9-11-22)58-44(59-43)60-17-19-70-20-18-60/h4-15H,3,16-20H2,1-2H3,(H,61,62,63)(H,64,65,66)(H,67,68,69)(H2,48,53,56,58,59)(H3,47,51,52,54,55,57). The van der Waals surface area contributed by atoms with Crippen LogP contribution in [-0.2, 0) is 35.1 Å². The second-order valence-corrected chi connectivity index (χ2v) is 21.3. The van der Waals surface area contributed by atoms with E-state index in [2.05, 4.69) is 66.5 Å². The summed E-state index contributed by atoms with van der Waals surface area (Å²) in [6, 6.07) is 17.9. The molecule has 0 unspecified atom stereocenters. The summed E-state index contributed by atoms with van der Waals surface area (Å²) in [5, 5.41) is 13.3. The maximum absolute atomic E-state index is 13.3. The molecular weight excluding hydrogens is 1080 g/mol. The van der Waals surface area contributed by atoms with E-state index in [1.807, 2.05) is 43.0 Å². The first-order valence-electron chi connectivity index (χ1n) is 22.1. The van der Waals surface area contributed by atoms with Crippen molar-refractivity contribution in [2.75, 3.05) is 64.3 Å². The van der Waals surface area contributed by atoms with Gasteiger partial charge in [-0.05, 0) is 61.9 Å². The van der Waals surface area contributed by atoms with E-state index >= 15 is 0 Å². The molecule has 3 aliphatic rings. The lowest BCUT2D eigenvalue weighted by atomic mass is 10.2. The lowest BCUT2D eigenvalue weighted by molar-refractivity contribution is 0.122. The molecule has 0 atom stereocenters. The SMILES string of the molecule is CCCNc1nc(Nc2ccccc2S(=O)(=O)O)nc(Nc2ccc3c(c2S(=O)(=O)O)Oc2c(Cl)c4c(c(Cl)c2=N3)Oc2c(ccc(Nc3nc(Nc5ccc(C)cc5)nc(N5CCOCC5)n3)c2S(=O)(=O)O)N=4)n1. The van der Waals surface area contributed by atoms with Gasteiger partial charge in [0.15, 0.2) is 32.8 Å². The highest BCUT2D eigenvalue weighted by Crippen LogP contribution is 2.49. The minimum absolute atomic E-state index is 0.0378. The zero-order valence-electron chi connectivity index (χ0n) is 38.7. The van der Waals surface area contributed by atoms with Crippen LogP contribution in [-0.4, -0.2) is 102 Å². The molecule has 0 aliphatic carbocycles. The Bertz CT molecular complexity index is 3970. The highest BCUT2D eigenvalue weighted by atomic mass is 35.5. The topological polar surface area (TPSA) is 356 Å². The first-order chi connectivity index (χ1) is 35.7. The average molecular weight is 1120 g/mol. The summed E-state index contributed by atoms with van der Waals surface area (Å²) in [6.45, 7) is 5.91. The summed E-state index contributed by atoms with van der Waals surface area (Å²) in [4.78, 5) is 35.2. The average Bonchev–Trinajstić information content (AvgIpc) is 3.37. The second-order valence-electron chi connectivity index (χ2n) is 16.4. The number of aromatic nitrogens is 6. The van der Waals surface area contributed by atoms with Crippen LogP contribution >= 0.6 is 23.2 Å². The summed E-state index contributed by atoms with van der Waals surface area (Å²) in [5.41, 5.74) is 0.636. The van der Waals surface area contributed by atoms with Gasteiger partial charge in [-0.1, -0.05) is 60.0 Å². The van der Waals surface area contributed by atoms with E-state index in [1.54, 1.807) is 0 Å². The molecule has 10 rings (SSSR count). The number of morpholine rings is 1. The van der Waals surface area contributed by atoms with E-state index in [0.29, 0.717) is 45.0 Å². The third-order valence-corrected chi connectivity index (χ3v) is 14.6. The minimum atomic E-state index is -5.23. The van der Waals surface area contributed by atoms with E-state index in [0.717, 1.165) is 11.6 Å². The van der Waals surface area contributed by atoms with Crippen LogP contribution in [0, 0.1) is 6.92 Å². The van der Waals surface area contributed by atoms with Gasteiger partial charge in [-0.25, -0.2) is 9.98 Å². The highest BCUT2D eigenvalue weighted by molar-refractivity contribution is 7.86. The van der Waals surface area contributed by atoms with Crippen molar-refractivity contribution in [2.45, 2.75) is 35.0 Å². The first kappa shape index (κ1) is 50.9. The molecule has 0 radical (unpaired) electrons. The second kappa shape index (κ2) is 19.9. The molecule has 5 heterocycles. The van der Waals surface area contributed by atoms with Gasteiger partial charge in [0.1, 0.15) is 37.0 Å². The molecule has 75 heavy (non-hydrogen) atoms. The van der Waals surface area contributed by atoms with Crippen LogP contribution in [0.5, 0.6) is 23.0 Å². The van der Waals surface area contributed by atoms with Crippen molar-refractivity contribution in [3.63, 3.8) is 0 Å². The molecule has 0 amide bonds. The summed E-state index contributed by atoms with van der Waals surface area (Å²) in [5.74, 6) is -2.06. The fraction of sp³-hybridized carbons (Fsp3) is 0.182. The smallest absolute Gasteiger partial charge is 0.300 e. The lowest BCUT2D eigenvalue weighted by Crippen LogP contribution is -2.37. The van der Waals surface area contributed by atoms with Crippen LogP contribution in [0.1, 0.15) is 18.9 Å². The van der Waals surface area contributed by atoms with Crippen LogP contribution in [0.3, 0.4) is 0 Å². The summed E-state index contributed by atoms with van der Waals surface area (Å²) >= 11 is 13.9. The number of hydrogen-bond donors (Lipinski definition) is 8. The monoisotopic (exact) mass is 1120 g/mol. The molecule has 0 bridgehead atoms. The van der Waals surface area contributed by atoms with Crippen molar-refractivity contribution < 1.29 is 53.1 Å². The van der Waals surface area contributed by atoms with Gasteiger partial charge in [-0.3, -0.25) is 13.7 Å². The molecule has 26 nitrogen and oxygen atoms in total. The Balaban J connectivity index is 1.01. The van der Waals surface area contributed by atoms with E-state index in [9.17, 15) is 38.9 Å². The molecule has 7 aromatic rings. The van der Waals surface area contributed by atoms with Crippen molar-refractivity contribution in [1.82, 2.24) is 29.9 Å². The fourth-order valence-corrected chi connectivity index (χ4v) is 10.5. The maximum atomic E-state index is 13.3. The van der Waals surface area contributed by atoms with Crippen molar-refractivity contribution in [3.05, 3.63) is 99.1 Å². The molecule has 388 valence electrons. The Morgan fingerprint density at radius 3 is 1.56 bits per heavy atom. The van der Waals surface area contributed by atoms with Gasteiger partial charge >= 0.3 is 0 Å².